The Balaban J connectivity index is 2.10. The molecule has 2 N–H and O–H groups in total. The third-order valence-electron chi connectivity index (χ3n) is 3.28. The summed E-state index contributed by atoms with van der Waals surface area (Å²) in [4.78, 5) is 4.41. The first-order chi connectivity index (χ1) is 9.65. The van der Waals surface area contributed by atoms with Crippen LogP contribution in [0.5, 0.6) is 11.5 Å². The van der Waals surface area contributed by atoms with Gasteiger partial charge in [-0.3, -0.25) is 4.98 Å². The lowest BCUT2D eigenvalue weighted by Gasteiger charge is -2.13. The van der Waals surface area contributed by atoms with Crippen LogP contribution in [0.25, 0.3) is 0 Å². The normalized spacial score (nSPS) is 10.4. The summed E-state index contributed by atoms with van der Waals surface area (Å²) >= 11 is 0. The van der Waals surface area contributed by atoms with E-state index in [9.17, 15) is 0 Å². The fraction of sp³-hybridized carbons (Fsp3) is 0.312. The maximum Gasteiger partial charge on any atom is 0.131 e. The van der Waals surface area contributed by atoms with E-state index >= 15 is 0 Å². The van der Waals surface area contributed by atoms with Gasteiger partial charge in [-0.25, -0.2) is 0 Å². The fourth-order valence-corrected chi connectivity index (χ4v) is 2.09. The SMILES string of the molecule is COc1c(C)cnc(COc2ccc(CN)cc2)c1C. The van der Waals surface area contributed by atoms with E-state index in [1.54, 1.807) is 7.11 Å². The molecule has 0 aliphatic heterocycles. The molecule has 0 spiro atoms. The van der Waals surface area contributed by atoms with Crippen molar-refractivity contribution in [3.05, 3.63) is 52.8 Å². The molecule has 1 aromatic carbocycles. The standard InChI is InChI=1S/C16H20N2O2/c1-11-9-18-15(12(2)16(11)19-3)10-20-14-6-4-13(8-17)5-7-14/h4-7,9H,8,10,17H2,1-3H3. The van der Waals surface area contributed by atoms with Gasteiger partial charge in [-0.15, -0.1) is 0 Å². The molecule has 0 bridgehead atoms. The van der Waals surface area contributed by atoms with E-state index in [1.807, 2.05) is 44.3 Å². The molecule has 0 amide bonds. The molecule has 0 fully saturated rings. The van der Waals surface area contributed by atoms with Crippen LogP contribution in [0.15, 0.2) is 30.5 Å². The number of hydrogen-bond donors (Lipinski definition) is 1. The van der Waals surface area contributed by atoms with Gasteiger partial charge in [0.15, 0.2) is 0 Å². The summed E-state index contributed by atoms with van der Waals surface area (Å²) in [6.07, 6.45) is 1.81. The number of hydrogen-bond acceptors (Lipinski definition) is 4. The van der Waals surface area contributed by atoms with Crippen LogP contribution in [-0.2, 0) is 13.2 Å². The number of ether oxygens (including phenoxy) is 2. The summed E-state index contributed by atoms with van der Waals surface area (Å²) in [6.45, 7) is 4.94. The van der Waals surface area contributed by atoms with Gasteiger partial charge in [0, 0.05) is 23.9 Å². The number of aryl methyl sites for hydroxylation is 1. The van der Waals surface area contributed by atoms with Crippen LogP contribution in [0.1, 0.15) is 22.4 Å². The van der Waals surface area contributed by atoms with Crippen LogP contribution >= 0.6 is 0 Å². The minimum absolute atomic E-state index is 0.421. The van der Waals surface area contributed by atoms with Crippen LogP contribution in [0.2, 0.25) is 0 Å². The molecule has 4 heteroatoms. The third-order valence-corrected chi connectivity index (χ3v) is 3.28. The van der Waals surface area contributed by atoms with Gasteiger partial charge < -0.3 is 15.2 Å². The zero-order valence-corrected chi connectivity index (χ0v) is 12.1. The Morgan fingerprint density at radius 3 is 2.45 bits per heavy atom. The summed E-state index contributed by atoms with van der Waals surface area (Å²) in [5.74, 6) is 1.68. The molecule has 0 aliphatic rings. The topological polar surface area (TPSA) is 57.4 Å². The number of nitrogens with zero attached hydrogens (tertiary/aromatic N) is 1. The third kappa shape index (κ3) is 3.08. The number of aromatic nitrogens is 1. The summed E-state index contributed by atoms with van der Waals surface area (Å²) in [6, 6.07) is 7.77. The number of nitrogens with two attached hydrogens (primary N) is 1. The van der Waals surface area contributed by atoms with Crippen molar-refractivity contribution < 1.29 is 9.47 Å². The monoisotopic (exact) mass is 272 g/mol. The second-order valence-electron chi connectivity index (χ2n) is 4.68. The van der Waals surface area contributed by atoms with Crippen LogP contribution in [0.4, 0.5) is 0 Å². The first-order valence-electron chi connectivity index (χ1n) is 6.56. The van der Waals surface area contributed by atoms with Gasteiger partial charge >= 0.3 is 0 Å². The second kappa shape index (κ2) is 6.39. The van der Waals surface area contributed by atoms with Gasteiger partial charge in [-0.2, -0.15) is 0 Å². The van der Waals surface area contributed by atoms with Crippen molar-refractivity contribution in [2.24, 2.45) is 5.73 Å². The van der Waals surface area contributed by atoms with E-state index in [0.717, 1.165) is 33.9 Å². The summed E-state index contributed by atoms with van der Waals surface area (Å²) < 4.78 is 11.1. The highest BCUT2D eigenvalue weighted by molar-refractivity contribution is 5.41. The Labute approximate surface area is 119 Å². The van der Waals surface area contributed by atoms with Gasteiger partial charge in [-0.05, 0) is 31.5 Å². The molecule has 0 atom stereocenters. The predicted octanol–water partition coefficient (Wildman–Crippen LogP) is 2.74. The molecule has 20 heavy (non-hydrogen) atoms. The molecule has 2 aromatic rings. The Kier molecular flexibility index (Phi) is 4.58. The van der Waals surface area contributed by atoms with E-state index in [0.29, 0.717) is 13.2 Å². The number of benzene rings is 1. The molecule has 1 aromatic heterocycles. The highest BCUT2D eigenvalue weighted by atomic mass is 16.5. The predicted molar refractivity (Wildman–Crippen MR) is 78.9 cm³/mol. The van der Waals surface area contributed by atoms with Gasteiger partial charge in [-0.1, -0.05) is 12.1 Å². The Morgan fingerprint density at radius 1 is 1.15 bits per heavy atom. The van der Waals surface area contributed by atoms with Gasteiger partial charge in [0.2, 0.25) is 0 Å². The molecule has 106 valence electrons. The first-order valence-corrected chi connectivity index (χ1v) is 6.56. The molecule has 1 heterocycles. The molecule has 4 nitrogen and oxygen atoms in total. The Morgan fingerprint density at radius 2 is 1.85 bits per heavy atom. The van der Waals surface area contributed by atoms with Crippen molar-refractivity contribution in [3.63, 3.8) is 0 Å². The number of methoxy groups -OCH3 is 1. The minimum Gasteiger partial charge on any atom is -0.496 e. The summed E-state index contributed by atoms with van der Waals surface area (Å²) in [5, 5.41) is 0. The van der Waals surface area contributed by atoms with Gasteiger partial charge in [0.25, 0.3) is 0 Å². The molecule has 0 saturated heterocycles. The minimum atomic E-state index is 0.421. The molecule has 0 radical (unpaired) electrons. The largest absolute Gasteiger partial charge is 0.496 e. The van der Waals surface area contributed by atoms with Crippen molar-refractivity contribution in [2.75, 3.05) is 7.11 Å². The van der Waals surface area contributed by atoms with E-state index in [1.165, 1.54) is 0 Å². The molecular weight excluding hydrogens is 252 g/mol. The second-order valence-corrected chi connectivity index (χ2v) is 4.68. The maximum atomic E-state index is 5.75. The lowest BCUT2D eigenvalue weighted by Crippen LogP contribution is -2.04. The molecule has 2 rings (SSSR count). The van der Waals surface area contributed by atoms with E-state index in [-0.39, 0.29) is 0 Å². The van der Waals surface area contributed by atoms with E-state index in [2.05, 4.69) is 4.98 Å². The van der Waals surface area contributed by atoms with Crippen molar-refractivity contribution >= 4 is 0 Å². The van der Waals surface area contributed by atoms with Crippen LogP contribution < -0.4 is 15.2 Å². The average molecular weight is 272 g/mol. The number of rotatable bonds is 5. The van der Waals surface area contributed by atoms with E-state index < -0.39 is 0 Å². The fourth-order valence-electron chi connectivity index (χ4n) is 2.09. The molecular formula is C16H20N2O2. The quantitative estimate of drug-likeness (QED) is 0.909. The lowest BCUT2D eigenvalue weighted by molar-refractivity contribution is 0.298. The van der Waals surface area contributed by atoms with Crippen LogP contribution in [0, 0.1) is 13.8 Å². The van der Waals surface area contributed by atoms with Gasteiger partial charge in [0.1, 0.15) is 18.1 Å². The van der Waals surface area contributed by atoms with Crippen LogP contribution in [0.3, 0.4) is 0 Å². The van der Waals surface area contributed by atoms with Crippen LogP contribution in [-0.4, -0.2) is 12.1 Å². The smallest absolute Gasteiger partial charge is 0.131 e. The molecule has 0 unspecified atom stereocenters. The van der Waals surface area contributed by atoms with Gasteiger partial charge in [0.05, 0.1) is 12.8 Å². The lowest BCUT2D eigenvalue weighted by atomic mass is 10.1. The number of pyridine rings is 1. The molecule has 0 saturated carbocycles. The summed E-state index contributed by atoms with van der Waals surface area (Å²) in [7, 11) is 1.67. The first kappa shape index (κ1) is 14.3. The van der Waals surface area contributed by atoms with Crippen molar-refractivity contribution in [1.82, 2.24) is 4.98 Å². The average Bonchev–Trinajstić information content (AvgIpc) is 2.47. The zero-order valence-electron chi connectivity index (χ0n) is 12.1. The zero-order chi connectivity index (χ0) is 14.5. The van der Waals surface area contributed by atoms with Crippen molar-refractivity contribution in [2.45, 2.75) is 27.0 Å². The van der Waals surface area contributed by atoms with E-state index in [4.69, 9.17) is 15.2 Å². The highest BCUT2D eigenvalue weighted by Crippen LogP contribution is 2.24. The van der Waals surface area contributed by atoms with Crippen molar-refractivity contribution in [3.8, 4) is 11.5 Å². The maximum absolute atomic E-state index is 5.75. The highest BCUT2D eigenvalue weighted by Gasteiger charge is 2.09. The van der Waals surface area contributed by atoms with Crippen molar-refractivity contribution in [1.29, 1.82) is 0 Å². The Hall–Kier alpha value is -2.07. The Bertz CT molecular complexity index is 580. The molecule has 0 aliphatic carbocycles. The summed E-state index contributed by atoms with van der Waals surface area (Å²) in [5.41, 5.74) is 9.59.